The molecule has 0 aliphatic heterocycles. The molecule has 1 heterocycles. The molecule has 0 aliphatic rings. The van der Waals surface area contributed by atoms with Crippen LogP contribution in [-0.2, 0) is 9.57 Å². The summed E-state index contributed by atoms with van der Waals surface area (Å²) in [5.41, 5.74) is -0.810. The van der Waals surface area contributed by atoms with Crippen LogP contribution >= 0.6 is 0 Å². The van der Waals surface area contributed by atoms with Gasteiger partial charge in [-0.15, -0.1) is 5.06 Å². The van der Waals surface area contributed by atoms with Crippen molar-refractivity contribution >= 4 is 12.2 Å². The molecule has 3 aromatic rings. The lowest BCUT2D eigenvalue weighted by Crippen LogP contribution is -2.39. The predicted molar refractivity (Wildman–Crippen MR) is 119 cm³/mol. The van der Waals surface area contributed by atoms with E-state index in [1.54, 1.807) is 74.5 Å². The fourth-order valence-corrected chi connectivity index (χ4v) is 2.75. The molecule has 178 valence electrons. The molecular formula is C23H23N3O8. The summed E-state index contributed by atoms with van der Waals surface area (Å²) in [6.45, 7) is 2.75. The molecule has 1 atom stereocenters. The van der Waals surface area contributed by atoms with Crippen molar-refractivity contribution in [3.8, 4) is 11.5 Å². The second-order valence-corrected chi connectivity index (χ2v) is 6.99. The fraction of sp³-hybridized carbons (Fsp3) is 0.217. The first-order chi connectivity index (χ1) is 16.3. The zero-order valence-corrected chi connectivity index (χ0v) is 18.5. The van der Waals surface area contributed by atoms with E-state index in [0.29, 0.717) is 10.6 Å². The van der Waals surface area contributed by atoms with Crippen molar-refractivity contribution in [3.63, 3.8) is 0 Å². The van der Waals surface area contributed by atoms with Crippen molar-refractivity contribution in [2.75, 3.05) is 13.2 Å². The molecule has 0 spiro atoms. The number of hydrogen-bond donors (Lipinski definition) is 1. The Kier molecular flexibility index (Phi) is 8.19. The minimum atomic E-state index is -1.16. The smallest absolute Gasteiger partial charge is 0.408 e. The Bertz CT molecular complexity index is 1220. The van der Waals surface area contributed by atoms with Crippen LogP contribution in [0.2, 0.25) is 0 Å². The average molecular weight is 469 g/mol. The number of ether oxygens (including phenoxy) is 3. The maximum atomic E-state index is 12.6. The topological polar surface area (TPSA) is 129 Å². The number of hydroxylamine groups is 2. The van der Waals surface area contributed by atoms with Gasteiger partial charge in [-0.25, -0.2) is 14.4 Å². The van der Waals surface area contributed by atoms with Gasteiger partial charge in [-0.3, -0.25) is 19.2 Å². The minimum absolute atomic E-state index is 0.145. The highest BCUT2D eigenvalue weighted by molar-refractivity contribution is 5.72. The van der Waals surface area contributed by atoms with Crippen molar-refractivity contribution in [2.24, 2.45) is 0 Å². The van der Waals surface area contributed by atoms with E-state index in [-0.39, 0.29) is 24.7 Å². The molecule has 0 aliphatic carbocycles. The van der Waals surface area contributed by atoms with Crippen LogP contribution in [0.5, 0.6) is 11.5 Å². The van der Waals surface area contributed by atoms with Gasteiger partial charge in [0.2, 0.25) is 0 Å². The number of hydrogen-bond acceptors (Lipinski definition) is 8. The van der Waals surface area contributed by atoms with Gasteiger partial charge in [0, 0.05) is 11.8 Å². The second kappa shape index (κ2) is 11.5. The van der Waals surface area contributed by atoms with Crippen LogP contribution in [0.15, 0.2) is 76.4 Å². The Morgan fingerprint density at radius 3 is 2.18 bits per heavy atom. The summed E-state index contributed by atoms with van der Waals surface area (Å²) >= 11 is 0. The van der Waals surface area contributed by atoms with Crippen LogP contribution < -0.4 is 20.7 Å². The number of aromatic nitrogens is 2. The van der Waals surface area contributed by atoms with Gasteiger partial charge < -0.3 is 14.2 Å². The SMILES string of the molecule is Cc1cn(C(C)OCCN(OC(=O)Oc2ccccc2)C(=O)Oc2ccccc2)c(=O)[nH]c1=O. The summed E-state index contributed by atoms with van der Waals surface area (Å²) in [5.74, 6) is 0.462. The molecule has 0 bridgehead atoms. The molecule has 0 saturated carbocycles. The summed E-state index contributed by atoms with van der Waals surface area (Å²) in [6, 6.07) is 16.4. The largest absolute Gasteiger partial charge is 0.539 e. The highest BCUT2D eigenvalue weighted by atomic mass is 16.8. The summed E-state index contributed by atoms with van der Waals surface area (Å²) in [4.78, 5) is 55.6. The Balaban J connectivity index is 1.65. The Morgan fingerprint density at radius 2 is 1.56 bits per heavy atom. The molecule has 34 heavy (non-hydrogen) atoms. The zero-order chi connectivity index (χ0) is 24.5. The summed E-state index contributed by atoms with van der Waals surface area (Å²) in [6.07, 6.45) is -1.56. The number of aromatic amines is 1. The van der Waals surface area contributed by atoms with E-state index in [0.717, 1.165) is 0 Å². The first-order valence-corrected chi connectivity index (χ1v) is 10.3. The zero-order valence-electron chi connectivity index (χ0n) is 18.5. The average Bonchev–Trinajstić information content (AvgIpc) is 2.82. The molecule has 11 nitrogen and oxygen atoms in total. The lowest BCUT2D eigenvalue weighted by atomic mass is 10.3. The van der Waals surface area contributed by atoms with Crippen LogP contribution in [0.25, 0.3) is 0 Å². The highest BCUT2D eigenvalue weighted by Crippen LogP contribution is 2.13. The molecule has 1 amide bonds. The number of amides is 1. The van der Waals surface area contributed by atoms with Gasteiger partial charge in [-0.2, -0.15) is 0 Å². The van der Waals surface area contributed by atoms with Crippen LogP contribution in [0.4, 0.5) is 9.59 Å². The first-order valence-electron chi connectivity index (χ1n) is 10.3. The van der Waals surface area contributed by atoms with Crippen LogP contribution in [0.1, 0.15) is 18.7 Å². The van der Waals surface area contributed by atoms with E-state index in [1.165, 1.54) is 10.8 Å². The summed E-state index contributed by atoms with van der Waals surface area (Å²) in [7, 11) is 0. The Morgan fingerprint density at radius 1 is 0.971 bits per heavy atom. The van der Waals surface area contributed by atoms with E-state index < -0.39 is 29.7 Å². The number of carbonyl (C=O) groups is 2. The molecule has 1 N–H and O–H groups in total. The minimum Gasteiger partial charge on any atom is -0.408 e. The molecule has 2 aromatic carbocycles. The number of rotatable bonds is 7. The van der Waals surface area contributed by atoms with Crippen LogP contribution in [-0.4, -0.2) is 40.0 Å². The number of para-hydroxylation sites is 2. The Hall–Kier alpha value is -4.38. The number of nitrogens with zero attached hydrogens (tertiary/aromatic N) is 2. The molecule has 0 radical (unpaired) electrons. The van der Waals surface area contributed by atoms with Crippen molar-refractivity contribution < 1.29 is 28.6 Å². The van der Waals surface area contributed by atoms with Crippen molar-refractivity contribution in [2.45, 2.75) is 20.1 Å². The number of H-pyrrole nitrogens is 1. The van der Waals surface area contributed by atoms with Gasteiger partial charge in [0.25, 0.3) is 5.56 Å². The third kappa shape index (κ3) is 6.81. The lowest BCUT2D eigenvalue weighted by Gasteiger charge is -2.21. The number of aryl methyl sites for hydroxylation is 1. The molecular weight excluding hydrogens is 446 g/mol. The fourth-order valence-electron chi connectivity index (χ4n) is 2.75. The van der Waals surface area contributed by atoms with Gasteiger partial charge in [-0.1, -0.05) is 36.4 Å². The lowest BCUT2D eigenvalue weighted by molar-refractivity contribution is -0.108. The molecule has 1 unspecified atom stereocenters. The van der Waals surface area contributed by atoms with Gasteiger partial charge in [0.15, 0.2) is 0 Å². The first kappa shape index (κ1) is 24.3. The number of benzene rings is 2. The second-order valence-electron chi connectivity index (χ2n) is 6.99. The quantitative estimate of drug-likeness (QED) is 0.318. The normalized spacial score (nSPS) is 11.4. The molecule has 11 heteroatoms. The van der Waals surface area contributed by atoms with Crippen molar-refractivity contribution in [1.29, 1.82) is 0 Å². The van der Waals surface area contributed by atoms with E-state index in [4.69, 9.17) is 19.0 Å². The molecule has 3 rings (SSSR count). The van der Waals surface area contributed by atoms with E-state index in [2.05, 4.69) is 4.98 Å². The molecule has 0 saturated heterocycles. The number of carbonyl (C=O) groups excluding carboxylic acids is 2. The Labute approximate surface area is 194 Å². The summed E-state index contributed by atoms with van der Waals surface area (Å²) < 4.78 is 17.1. The maximum absolute atomic E-state index is 12.6. The van der Waals surface area contributed by atoms with Gasteiger partial charge in [-0.05, 0) is 38.1 Å². The third-order valence-corrected chi connectivity index (χ3v) is 4.47. The van der Waals surface area contributed by atoms with Crippen molar-refractivity contribution in [3.05, 3.63) is 93.3 Å². The molecule has 1 aromatic heterocycles. The standard InChI is InChI=1S/C23H23N3O8/c1-16-15-25(21(28)24-20(16)27)17(2)31-14-13-26(22(29)32-18-9-5-3-6-10-18)34-23(30)33-19-11-7-4-8-12-19/h3-12,15,17H,13-14H2,1-2H3,(H,24,27,28). The third-order valence-electron chi connectivity index (χ3n) is 4.47. The van der Waals surface area contributed by atoms with Crippen molar-refractivity contribution in [1.82, 2.24) is 14.6 Å². The van der Waals surface area contributed by atoms with Gasteiger partial charge in [0.1, 0.15) is 17.7 Å². The predicted octanol–water partition coefficient (Wildman–Crippen LogP) is 3.01. The van der Waals surface area contributed by atoms with E-state index >= 15 is 0 Å². The van der Waals surface area contributed by atoms with Crippen LogP contribution in [0, 0.1) is 6.92 Å². The molecule has 0 fully saturated rings. The highest BCUT2D eigenvalue weighted by Gasteiger charge is 2.23. The number of nitrogens with one attached hydrogen (secondary N) is 1. The van der Waals surface area contributed by atoms with E-state index in [1.807, 2.05) is 0 Å². The summed E-state index contributed by atoms with van der Waals surface area (Å²) in [5, 5.41) is 0.645. The van der Waals surface area contributed by atoms with Gasteiger partial charge >= 0.3 is 17.9 Å². The van der Waals surface area contributed by atoms with E-state index in [9.17, 15) is 19.2 Å². The maximum Gasteiger partial charge on any atom is 0.539 e. The van der Waals surface area contributed by atoms with Gasteiger partial charge in [0.05, 0.1) is 13.2 Å². The monoisotopic (exact) mass is 469 g/mol. The van der Waals surface area contributed by atoms with Crippen LogP contribution in [0.3, 0.4) is 0 Å².